The molecule has 0 aromatic rings. The maximum absolute atomic E-state index is 12.5. The Balaban J connectivity index is 1.86. The van der Waals surface area contributed by atoms with E-state index < -0.39 is 12.1 Å². The number of rotatable bonds is 2. The second kappa shape index (κ2) is 4.88. The zero-order chi connectivity index (χ0) is 12.5. The molecule has 1 aliphatic heterocycles. The quantitative estimate of drug-likeness (QED) is 0.816. The van der Waals surface area contributed by atoms with Crippen molar-refractivity contribution >= 4 is 0 Å². The highest BCUT2D eigenvalue weighted by Crippen LogP contribution is 2.41. The van der Waals surface area contributed by atoms with Gasteiger partial charge in [-0.1, -0.05) is 0 Å². The van der Waals surface area contributed by atoms with E-state index in [1.807, 2.05) is 6.08 Å². The van der Waals surface area contributed by atoms with Crippen molar-refractivity contribution in [2.24, 2.45) is 17.6 Å². The number of hydrogen-bond donors (Lipinski definition) is 1. The van der Waals surface area contributed by atoms with Crippen LogP contribution in [0.1, 0.15) is 32.1 Å². The van der Waals surface area contributed by atoms with Crippen molar-refractivity contribution in [3.8, 4) is 0 Å². The lowest BCUT2D eigenvalue weighted by Crippen LogP contribution is -2.37. The summed E-state index contributed by atoms with van der Waals surface area (Å²) in [5, 5.41) is 0. The van der Waals surface area contributed by atoms with E-state index in [4.69, 9.17) is 10.5 Å². The van der Waals surface area contributed by atoms with Gasteiger partial charge in [-0.3, -0.25) is 0 Å². The van der Waals surface area contributed by atoms with Crippen LogP contribution in [0.5, 0.6) is 0 Å². The maximum Gasteiger partial charge on any atom is 0.391 e. The molecule has 0 aromatic carbocycles. The fraction of sp³-hybridized carbons (Fsp3) is 0.833. The molecule has 2 nitrogen and oxygen atoms in total. The molecule has 98 valence electrons. The summed E-state index contributed by atoms with van der Waals surface area (Å²) in [6.45, 7) is 0.654. The van der Waals surface area contributed by atoms with Gasteiger partial charge in [0.25, 0.3) is 0 Å². The van der Waals surface area contributed by atoms with Crippen LogP contribution in [0.15, 0.2) is 11.8 Å². The Bertz CT molecular complexity index is 293. The standard InChI is InChI=1S/C12H18F3NO/c13-12(14,15)9-5-3-8(4-6-9)11(16)10-2-1-7-17-10/h2,8-9,11H,1,3-7,16H2. The van der Waals surface area contributed by atoms with Crippen molar-refractivity contribution in [2.75, 3.05) is 6.61 Å². The molecule has 1 unspecified atom stereocenters. The highest BCUT2D eigenvalue weighted by atomic mass is 19.4. The van der Waals surface area contributed by atoms with Crippen LogP contribution in [0.2, 0.25) is 0 Å². The molecule has 0 amide bonds. The van der Waals surface area contributed by atoms with Gasteiger partial charge in [-0.25, -0.2) is 0 Å². The van der Waals surface area contributed by atoms with E-state index in [9.17, 15) is 13.2 Å². The zero-order valence-corrected chi connectivity index (χ0v) is 9.67. The molecule has 1 aliphatic carbocycles. The lowest BCUT2D eigenvalue weighted by atomic mass is 9.78. The largest absolute Gasteiger partial charge is 0.496 e. The Morgan fingerprint density at radius 2 is 1.88 bits per heavy atom. The summed E-state index contributed by atoms with van der Waals surface area (Å²) < 4.78 is 42.9. The van der Waals surface area contributed by atoms with Crippen LogP contribution in [0.4, 0.5) is 13.2 Å². The molecule has 0 saturated heterocycles. The van der Waals surface area contributed by atoms with Gasteiger partial charge < -0.3 is 10.5 Å². The Morgan fingerprint density at radius 3 is 2.35 bits per heavy atom. The number of halogens is 3. The fourth-order valence-electron chi connectivity index (χ4n) is 2.71. The van der Waals surface area contributed by atoms with Gasteiger partial charge in [0, 0.05) is 6.42 Å². The van der Waals surface area contributed by atoms with Crippen LogP contribution in [-0.4, -0.2) is 18.8 Å². The van der Waals surface area contributed by atoms with Crippen molar-refractivity contribution in [1.29, 1.82) is 0 Å². The minimum Gasteiger partial charge on any atom is -0.496 e. The van der Waals surface area contributed by atoms with Gasteiger partial charge >= 0.3 is 6.18 Å². The molecular formula is C12H18F3NO. The molecule has 1 heterocycles. The van der Waals surface area contributed by atoms with E-state index >= 15 is 0 Å². The highest BCUT2D eigenvalue weighted by molar-refractivity contribution is 5.08. The summed E-state index contributed by atoms with van der Waals surface area (Å²) in [5.41, 5.74) is 6.03. The van der Waals surface area contributed by atoms with Crippen LogP contribution < -0.4 is 5.73 Å². The normalized spacial score (nSPS) is 31.9. The lowest BCUT2D eigenvalue weighted by molar-refractivity contribution is -0.184. The summed E-state index contributed by atoms with van der Waals surface area (Å²) in [4.78, 5) is 0. The first-order valence-electron chi connectivity index (χ1n) is 6.13. The molecule has 0 bridgehead atoms. The summed E-state index contributed by atoms with van der Waals surface area (Å²) >= 11 is 0. The predicted molar refractivity (Wildman–Crippen MR) is 58.1 cm³/mol. The van der Waals surface area contributed by atoms with Crippen LogP contribution in [0, 0.1) is 11.8 Å². The van der Waals surface area contributed by atoms with E-state index in [-0.39, 0.29) is 24.8 Å². The van der Waals surface area contributed by atoms with E-state index in [0.717, 1.165) is 12.2 Å². The Morgan fingerprint density at radius 1 is 1.24 bits per heavy atom. The lowest BCUT2D eigenvalue weighted by Gasteiger charge is -2.33. The molecule has 1 fully saturated rings. The Hall–Kier alpha value is -0.710. The summed E-state index contributed by atoms with van der Waals surface area (Å²) in [7, 11) is 0. The first kappa shape index (κ1) is 12.7. The van der Waals surface area contributed by atoms with Crippen molar-refractivity contribution < 1.29 is 17.9 Å². The molecule has 2 N–H and O–H groups in total. The third-order valence-corrected chi connectivity index (χ3v) is 3.80. The number of nitrogens with two attached hydrogens (primary N) is 1. The van der Waals surface area contributed by atoms with E-state index in [1.165, 1.54) is 0 Å². The second-order valence-electron chi connectivity index (χ2n) is 4.92. The smallest absolute Gasteiger partial charge is 0.391 e. The molecule has 2 rings (SSSR count). The van der Waals surface area contributed by atoms with Crippen molar-refractivity contribution in [3.63, 3.8) is 0 Å². The maximum atomic E-state index is 12.5. The highest BCUT2D eigenvalue weighted by Gasteiger charge is 2.42. The summed E-state index contributed by atoms with van der Waals surface area (Å²) in [6.07, 6.45) is 0.280. The second-order valence-corrected chi connectivity index (χ2v) is 4.92. The van der Waals surface area contributed by atoms with E-state index in [0.29, 0.717) is 19.4 Å². The fourth-order valence-corrected chi connectivity index (χ4v) is 2.71. The number of ether oxygens (including phenoxy) is 1. The van der Waals surface area contributed by atoms with E-state index in [1.54, 1.807) is 0 Å². The summed E-state index contributed by atoms with van der Waals surface area (Å²) in [5.74, 6) is -0.220. The first-order chi connectivity index (χ1) is 7.98. The minimum absolute atomic E-state index is 0.137. The van der Waals surface area contributed by atoms with Gasteiger partial charge in [0.1, 0.15) is 5.76 Å². The monoisotopic (exact) mass is 249 g/mol. The SMILES string of the molecule is NC(C1=CCCO1)C1CCC(C(F)(F)F)CC1. The van der Waals surface area contributed by atoms with Gasteiger partial charge in [0.15, 0.2) is 0 Å². The minimum atomic E-state index is -4.04. The van der Waals surface area contributed by atoms with Gasteiger partial charge in [-0.05, 0) is 37.7 Å². The van der Waals surface area contributed by atoms with Crippen molar-refractivity contribution in [1.82, 2.24) is 0 Å². The third kappa shape index (κ3) is 2.94. The molecule has 0 spiro atoms. The molecule has 5 heteroatoms. The van der Waals surface area contributed by atoms with Crippen LogP contribution >= 0.6 is 0 Å². The van der Waals surface area contributed by atoms with Gasteiger partial charge in [-0.15, -0.1) is 0 Å². The molecule has 1 atom stereocenters. The molecule has 0 aromatic heterocycles. The number of alkyl halides is 3. The van der Waals surface area contributed by atoms with Crippen LogP contribution in [-0.2, 0) is 4.74 Å². The predicted octanol–water partition coefficient (Wildman–Crippen LogP) is 2.99. The molecule has 17 heavy (non-hydrogen) atoms. The third-order valence-electron chi connectivity index (χ3n) is 3.80. The van der Waals surface area contributed by atoms with Crippen LogP contribution in [0.3, 0.4) is 0 Å². The molecule has 0 radical (unpaired) electrons. The Kier molecular flexibility index (Phi) is 3.66. The van der Waals surface area contributed by atoms with Gasteiger partial charge in [0.2, 0.25) is 0 Å². The topological polar surface area (TPSA) is 35.2 Å². The first-order valence-corrected chi connectivity index (χ1v) is 6.13. The Labute approximate surface area is 99.0 Å². The molecular weight excluding hydrogens is 231 g/mol. The van der Waals surface area contributed by atoms with E-state index in [2.05, 4.69) is 0 Å². The molecule has 2 aliphatic rings. The molecule has 1 saturated carbocycles. The van der Waals surface area contributed by atoms with Gasteiger partial charge in [-0.2, -0.15) is 13.2 Å². The summed E-state index contributed by atoms with van der Waals surface area (Å²) in [6, 6.07) is -0.216. The average Bonchev–Trinajstić information content (AvgIpc) is 2.80. The average molecular weight is 249 g/mol. The van der Waals surface area contributed by atoms with Gasteiger partial charge in [0.05, 0.1) is 18.6 Å². The van der Waals surface area contributed by atoms with Crippen molar-refractivity contribution in [2.45, 2.75) is 44.3 Å². The van der Waals surface area contributed by atoms with Crippen LogP contribution in [0.25, 0.3) is 0 Å². The van der Waals surface area contributed by atoms with Crippen molar-refractivity contribution in [3.05, 3.63) is 11.8 Å². The zero-order valence-electron chi connectivity index (χ0n) is 9.67. The number of hydrogen-bond acceptors (Lipinski definition) is 2.